The van der Waals surface area contributed by atoms with E-state index in [2.05, 4.69) is 157 Å². The number of hydrogen-bond donors (Lipinski definition) is 0. The minimum Gasteiger partial charge on any atom is -0.254 e. The summed E-state index contributed by atoms with van der Waals surface area (Å²) >= 11 is 0. The Morgan fingerprint density at radius 3 is 2.00 bits per heavy atom. The Bertz CT molecular complexity index is 2910. The van der Waals surface area contributed by atoms with E-state index < -0.39 is 0 Å². The van der Waals surface area contributed by atoms with Crippen molar-refractivity contribution in [1.82, 2.24) is 15.0 Å². The lowest BCUT2D eigenvalue weighted by molar-refractivity contribution is 1.37. The molecule has 0 aliphatic heterocycles. The van der Waals surface area contributed by atoms with Gasteiger partial charge in [0.1, 0.15) is 0 Å². The molecule has 0 atom stereocenters. The van der Waals surface area contributed by atoms with E-state index in [-0.39, 0.29) is 0 Å². The molecule has 7 aromatic carbocycles. The molecule has 0 spiro atoms. The predicted octanol–water partition coefficient (Wildman–Crippen LogP) is 11.8. The van der Waals surface area contributed by atoms with Crippen LogP contribution >= 0.6 is 0 Å². The number of hydrogen-bond acceptors (Lipinski definition) is 3. The minimum absolute atomic E-state index is 0.921. The second kappa shape index (κ2) is 10.5. The molecule has 0 radical (unpaired) electrons. The number of para-hydroxylation sites is 1. The SMILES string of the molecule is c1cc(-c2ccc3ccc4cccnc4c3n2)cc(-c2cc3c(-c4ccc5ccccc5c4)nc4ccccc4c3c3ccccc23)c1. The number of aromatic nitrogens is 3. The molecule has 48 heavy (non-hydrogen) atoms. The second-order valence-corrected chi connectivity index (χ2v) is 12.4. The van der Waals surface area contributed by atoms with E-state index in [1.807, 2.05) is 12.3 Å². The average Bonchev–Trinajstić information content (AvgIpc) is 3.16. The van der Waals surface area contributed by atoms with Gasteiger partial charge in [-0.1, -0.05) is 121 Å². The number of pyridine rings is 3. The molecule has 0 aliphatic carbocycles. The standard InChI is InChI=1S/C45H27N3/c1-2-10-31-25-34(21-18-28(31)9-1)43-39-27-38(35-14-3-4-15-36(35)42(39)37-16-5-6-17-41(37)48-43)32-11-7-12-33(26-32)40-23-22-30-20-19-29-13-8-24-46-44(29)45(30)47-40/h1-27H. The molecular weight excluding hydrogens is 583 g/mol. The highest BCUT2D eigenvalue weighted by atomic mass is 14.8. The molecule has 222 valence electrons. The topological polar surface area (TPSA) is 38.7 Å². The molecule has 0 saturated carbocycles. The smallest absolute Gasteiger partial charge is 0.0972 e. The molecule has 10 rings (SSSR count). The highest BCUT2D eigenvalue weighted by molar-refractivity contribution is 6.25. The van der Waals surface area contributed by atoms with E-state index >= 15 is 0 Å². The van der Waals surface area contributed by atoms with Crippen molar-refractivity contribution in [2.45, 2.75) is 0 Å². The van der Waals surface area contributed by atoms with Gasteiger partial charge in [0.2, 0.25) is 0 Å². The van der Waals surface area contributed by atoms with E-state index in [9.17, 15) is 0 Å². The summed E-state index contributed by atoms with van der Waals surface area (Å²) in [6.45, 7) is 0. The fourth-order valence-electron chi connectivity index (χ4n) is 7.34. The lowest BCUT2D eigenvalue weighted by atomic mass is 9.89. The summed E-state index contributed by atoms with van der Waals surface area (Å²) < 4.78 is 0. The van der Waals surface area contributed by atoms with Gasteiger partial charge in [-0.05, 0) is 69.1 Å². The Hall–Kier alpha value is -6.45. The zero-order valence-electron chi connectivity index (χ0n) is 25.9. The van der Waals surface area contributed by atoms with Crippen LogP contribution in [0.15, 0.2) is 164 Å². The lowest BCUT2D eigenvalue weighted by Gasteiger charge is -2.17. The highest BCUT2D eigenvalue weighted by Crippen LogP contribution is 2.42. The Morgan fingerprint density at radius 1 is 0.375 bits per heavy atom. The van der Waals surface area contributed by atoms with Gasteiger partial charge in [-0.2, -0.15) is 0 Å². The zero-order valence-corrected chi connectivity index (χ0v) is 25.9. The first-order valence-corrected chi connectivity index (χ1v) is 16.3. The molecule has 0 saturated heterocycles. The van der Waals surface area contributed by atoms with Crippen LogP contribution in [0.4, 0.5) is 0 Å². The molecule has 3 heterocycles. The van der Waals surface area contributed by atoms with E-state index in [0.717, 1.165) is 66.2 Å². The number of fused-ring (bicyclic) bond motifs is 9. The van der Waals surface area contributed by atoms with Crippen molar-refractivity contribution in [1.29, 1.82) is 0 Å². The fourth-order valence-corrected chi connectivity index (χ4v) is 7.34. The van der Waals surface area contributed by atoms with Crippen LogP contribution < -0.4 is 0 Å². The first-order valence-electron chi connectivity index (χ1n) is 16.3. The number of nitrogens with zero attached hydrogens (tertiary/aromatic N) is 3. The van der Waals surface area contributed by atoms with E-state index in [1.165, 1.54) is 32.5 Å². The van der Waals surface area contributed by atoms with E-state index in [1.54, 1.807) is 0 Å². The largest absolute Gasteiger partial charge is 0.254 e. The summed E-state index contributed by atoms with van der Waals surface area (Å²) in [6.07, 6.45) is 1.84. The summed E-state index contributed by atoms with van der Waals surface area (Å²) in [7, 11) is 0. The third kappa shape index (κ3) is 4.18. The van der Waals surface area contributed by atoms with Gasteiger partial charge in [0.15, 0.2) is 0 Å². The van der Waals surface area contributed by atoms with Crippen LogP contribution in [0.5, 0.6) is 0 Å². The molecule has 10 aromatic rings. The van der Waals surface area contributed by atoms with Crippen LogP contribution in [-0.2, 0) is 0 Å². The first-order chi connectivity index (χ1) is 23.8. The summed E-state index contributed by atoms with van der Waals surface area (Å²) in [6, 6.07) is 56.2. The third-order valence-corrected chi connectivity index (χ3v) is 9.63. The molecular formula is C45H27N3. The summed E-state index contributed by atoms with van der Waals surface area (Å²) in [5, 5.41) is 10.6. The van der Waals surface area contributed by atoms with Crippen molar-refractivity contribution in [3.05, 3.63) is 164 Å². The Labute approximate surface area is 276 Å². The Morgan fingerprint density at radius 2 is 1.08 bits per heavy atom. The highest BCUT2D eigenvalue weighted by Gasteiger charge is 2.17. The van der Waals surface area contributed by atoms with Crippen LogP contribution in [0.25, 0.3) is 98.7 Å². The van der Waals surface area contributed by atoms with Gasteiger partial charge in [-0.25, -0.2) is 9.97 Å². The molecule has 0 N–H and O–H groups in total. The van der Waals surface area contributed by atoms with Crippen LogP contribution in [-0.4, -0.2) is 15.0 Å². The van der Waals surface area contributed by atoms with Crippen molar-refractivity contribution in [2.24, 2.45) is 0 Å². The molecule has 0 bridgehead atoms. The molecule has 3 nitrogen and oxygen atoms in total. The number of rotatable bonds is 3. The second-order valence-electron chi connectivity index (χ2n) is 12.4. The Balaban J connectivity index is 1.23. The Kier molecular flexibility index (Phi) is 5.87. The van der Waals surface area contributed by atoms with Crippen LogP contribution in [0.3, 0.4) is 0 Å². The van der Waals surface area contributed by atoms with Gasteiger partial charge >= 0.3 is 0 Å². The third-order valence-electron chi connectivity index (χ3n) is 9.63. The van der Waals surface area contributed by atoms with Crippen molar-refractivity contribution in [3.8, 4) is 33.6 Å². The molecule has 0 aliphatic rings. The van der Waals surface area contributed by atoms with Gasteiger partial charge in [-0.3, -0.25) is 4.98 Å². The van der Waals surface area contributed by atoms with Gasteiger partial charge in [0.25, 0.3) is 0 Å². The normalized spacial score (nSPS) is 11.8. The summed E-state index contributed by atoms with van der Waals surface area (Å²) in [4.78, 5) is 15.2. The van der Waals surface area contributed by atoms with Gasteiger partial charge in [-0.15, -0.1) is 0 Å². The fraction of sp³-hybridized carbons (Fsp3) is 0. The van der Waals surface area contributed by atoms with Crippen LogP contribution in [0.1, 0.15) is 0 Å². The van der Waals surface area contributed by atoms with E-state index in [4.69, 9.17) is 9.97 Å². The molecule has 0 fully saturated rings. The maximum absolute atomic E-state index is 5.33. The maximum atomic E-state index is 5.33. The van der Waals surface area contributed by atoms with Crippen LogP contribution in [0.2, 0.25) is 0 Å². The molecule has 0 unspecified atom stereocenters. The lowest BCUT2D eigenvalue weighted by Crippen LogP contribution is -1.93. The molecule has 3 heteroatoms. The molecule has 3 aromatic heterocycles. The van der Waals surface area contributed by atoms with Gasteiger partial charge < -0.3 is 0 Å². The number of benzene rings is 7. The summed E-state index contributed by atoms with van der Waals surface area (Å²) in [5.41, 5.74) is 9.26. The van der Waals surface area contributed by atoms with Gasteiger partial charge in [0.05, 0.1) is 27.9 Å². The summed E-state index contributed by atoms with van der Waals surface area (Å²) in [5.74, 6) is 0. The van der Waals surface area contributed by atoms with E-state index in [0.29, 0.717) is 0 Å². The van der Waals surface area contributed by atoms with Crippen LogP contribution in [0, 0.1) is 0 Å². The molecule has 0 amide bonds. The zero-order chi connectivity index (χ0) is 31.6. The monoisotopic (exact) mass is 609 g/mol. The predicted molar refractivity (Wildman–Crippen MR) is 201 cm³/mol. The van der Waals surface area contributed by atoms with Crippen molar-refractivity contribution in [3.63, 3.8) is 0 Å². The van der Waals surface area contributed by atoms with Crippen molar-refractivity contribution in [2.75, 3.05) is 0 Å². The maximum Gasteiger partial charge on any atom is 0.0972 e. The minimum atomic E-state index is 0.921. The first kappa shape index (κ1) is 26.7. The average molecular weight is 610 g/mol. The van der Waals surface area contributed by atoms with Gasteiger partial charge in [0, 0.05) is 44.3 Å². The van der Waals surface area contributed by atoms with Crippen molar-refractivity contribution >= 4 is 65.0 Å². The van der Waals surface area contributed by atoms with Crippen molar-refractivity contribution < 1.29 is 0 Å². The quantitative estimate of drug-likeness (QED) is 0.187.